The van der Waals surface area contributed by atoms with Crippen molar-refractivity contribution in [2.75, 3.05) is 0 Å². The van der Waals surface area contributed by atoms with E-state index in [2.05, 4.69) is 26.2 Å². The minimum absolute atomic E-state index is 0.458. The first-order valence-corrected chi connectivity index (χ1v) is 8.30. The first kappa shape index (κ1) is 14.8. The van der Waals surface area contributed by atoms with Crippen LogP contribution in [0.3, 0.4) is 0 Å². The van der Waals surface area contributed by atoms with Crippen LogP contribution in [0.25, 0.3) is 22.0 Å². The molecule has 2 aromatic carbocycles. The van der Waals surface area contributed by atoms with Gasteiger partial charge in [0.05, 0.1) is 11.0 Å². The van der Waals surface area contributed by atoms with Crippen molar-refractivity contribution in [1.29, 1.82) is 0 Å². The predicted molar refractivity (Wildman–Crippen MR) is 101 cm³/mol. The summed E-state index contributed by atoms with van der Waals surface area (Å²) in [6.07, 6.45) is 2.44. The first-order chi connectivity index (χ1) is 12.7. The zero-order valence-electron chi connectivity index (χ0n) is 14.0. The summed E-state index contributed by atoms with van der Waals surface area (Å²) in [5, 5.41) is 9.88. The van der Waals surface area contributed by atoms with Crippen molar-refractivity contribution >= 4 is 33.4 Å². The number of hydrogen-bond donors (Lipinski definition) is 1. The Hall–Kier alpha value is -3.54. The first-order valence-electron chi connectivity index (χ1n) is 8.30. The molecule has 126 valence electrons. The number of fused-ring (bicyclic) bond motifs is 3. The van der Waals surface area contributed by atoms with Crippen molar-refractivity contribution in [3.8, 4) is 0 Å². The van der Waals surface area contributed by atoms with E-state index >= 15 is 0 Å². The van der Waals surface area contributed by atoms with E-state index in [9.17, 15) is 4.79 Å². The fraction of sp³-hybridized carbons (Fsp3) is 0.100. The normalized spacial score (nSPS) is 14.0. The fourth-order valence-electron chi connectivity index (χ4n) is 3.35. The third-order valence-electron chi connectivity index (χ3n) is 4.54. The number of oxazole rings is 1. The molecule has 1 aliphatic rings. The average Bonchev–Trinajstić information content (AvgIpc) is 2.92. The van der Waals surface area contributed by atoms with Crippen LogP contribution in [-0.4, -0.2) is 21.4 Å². The Morgan fingerprint density at radius 2 is 2.04 bits per heavy atom. The van der Waals surface area contributed by atoms with Crippen LogP contribution in [-0.2, 0) is 6.42 Å². The lowest BCUT2D eigenvalue weighted by molar-refractivity contribution is 0.555. The number of nitrogens with zero attached hydrogens (tertiary/aromatic N) is 3. The Morgan fingerprint density at radius 1 is 1.12 bits per heavy atom. The van der Waals surface area contributed by atoms with E-state index in [1.807, 2.05) is 43.3 Å². The van der Waals surface area contributed by atoms with Gasteiger partial charge >= 0.3 is 5.76 Å². The molecule has 4 aromatic rings. The van der Waals surface area contributed by atoms with Crippen molar-refractivity contribution in [2.45, 2.75) is 13.3 Å². The Morgan fingerprint density at radius 3 is 2.96 bits per heavy atom. The molecule has 0 aliphatic carbocycles. The van der Waals surface area contributed by atoms with Gasteiger partial charge in [-0.1, -0.05) is 12.1 Å². The number of pyridine rings is 1. The van der Waals surface area contributed by atoms with Gasteiger partial charge in [-0.05, 0) is 42.8 Å². The number of aromatic amines is 1. The monoisotopic (exact) mass is 342 g/mol. The molecule has 0 fully saturated rings. The van der Waals surface area contributed by atoms with Gasteiger partial charge in [-0.3, -0.25) is 9.97 Å². The van der Waals surface area contributed by atoms with E-state index in [0.29, 0.717) is 17.5 Å². The van der Waals surface area contributed by atoms with Crippen LogP contribution in [0.4, 0.5) is 0 Å². The van der Waals surface area contributed by atoms with Crippen LogP contribution in [0.2, 0.25) is 0 Å². The smallest absolute Gasteiger partial charge is 0.408 e. The largest absolute Gasteiger partial charge is 0.417 e. The second kappa shape index (κ2) is 5.49. The minimum Gasteiger partial charge on any atom is -0.408 e. The van der Waals surface area contributed by atoms with Crippen molar-refractivity contribution in [1.82, 2.24) is 9.97 Å². The summed E-state index contributed by atoms with van der Waals surface area (Å²) in [7, 11) is 0. The highest BCUT2D eigenvalue weighted by Gasteiger charge is 2.19. The highest BCUT2D eigenvalue weighted by molar-refractivity contribution is 6.17. The summed E-state index contributed by atoms with van der Waals surface area (Å²) in [6, 6.07) is 13.8. The van der Waals surface area contributed by atoms with Gasteiger partial charge in [0.15, 0.2) is 5.58 Å². The summed E-state index contributed by atoms with van der Waals surface area (Å²) >= 11 is 0. The van der Waals surface area contributed by atoms with Crippen molar-refractivity contribution in [2.24, 2.45) is 10.2 Å². The molecular weight excluding hydrogens is 328 g/mol. The Labute approximate surface area is 147 Å². The zero-order valence-corrected chi connectivity index (χ0v) is 14.0. The average molecular weight is 342 g/mol. The summed E-state index contributed by atoms with van der Waals surface area (Å²) in [4.78, 5) is 18.6. The molecule has 5 rings (SSSR count). The van der Waals surface area contributed by atoms with Gasteiger partial charge in [0.2, 0.25) is 0 Å². The maximum atomic E-state index is 11.6. The quantitative estimate of drug-likeness (QED) is 0.575. The molecule has 0 saturated heterocycles. The minimum atomic E-state index is -0.458. The molecule has 0 unspecified atom stereocenters. The number of hydrogen-bond acceptors (Lipinski definition) is 5. The number of H-pyrrole nitrogens is 1. The molecular formula is C20H14N4O2. The Bertz CT molecular complexity index is 1290. The standard InChI is InChI=1S/C20H14N4O2/c1-11-7-14-9-17-18(26-20(25)22-17)10-15(14)19(24-23-11)13-4-5-16-12(8-13)3-2-6-21-16/h2-6,8-10H,7H2,1H3,(H,22,25). The summed E-state index contributed by atoms with van der Waals surface area (Å²) in [6.45, 7) is 1.95. The maximum Gasteiger partial charge on any atom is 0.417 e. The van der Waals surface area contributed by atoms with Gasteiger partial charge in [0.25, 0.3) is 0 Å². The molecule has 0 spiro atoms. The molecule has 2 aromatic heterocycles. The van der Waals surface area contributed by atoms with Crippen molar-refractivity contribution in [3.05, 3.63) is 75.9 Å². The lowest BCUT2D eigenvalue weighted by Gasteiger charge is -2.10. The van der Waals surface area contributed by atoms with Gasteiger partial charge in [-0.25, -0.2) is 4.79 Å². The van der Waals surface area contributed by atoms with Crippen LogP contribution >= 0.6 is 0 Å². The van der Waals surface area contributed by atoms with Crippen LogP contribution < -0.4 is 5.76 Å². The van der Waals surface area contributed by atoms with E-state index in [1.165, 1.54) is 0 Å². The topological polar surface area (TPSA) is 83.6 Å². The molecule has 0 atom stereocenters. The molecule has 0 saturated carbocycles. The molecule has 3 heterocycles. The van der Waals surface area contributed by atoms with Crippen LogP contribution in [0.5, 0.6) is 0 Å². The molecule has 26 heavy (non-hydrogen) atoms. The van der Waals surface area contributed by atoms with Gasteiger partial charge in [-0.15, -0.1) is 5.10 Å². The van der Waals surface area contributed by atoms with Crippen LogP contribution in [0.15, 0.2) is 68.1 Å². The highest BCUT2D eigenvalue weighted by Crippen LogP contribution is 2.25. The molecule has 0 bridgehead atoms. The second-order valence-corrected chi connectivity index (χ2v) is 6.39. The molecule has 6 heteroatoms. The SMILES string of the molecule is CC1=NN=C(c2ccc3ncccc3c2)c2cc3oc(=O)[nH]c3cc2C1. The second-order valence-electron chi connectivity index (χ2n) is 6.39. The van der Waals surface area contributed by atoms with E-state index in [-0.39, 0.29) is 0 Å². The number of nitrogens with one attached hydrogen (secondary N) is 1. The summed E-state index contributed by atoms with van der Waals surface area (Å²) < 4.78 is 5.24. The van der Waals surface area contributed by atoms with Gasteiger partial charge in [0.1, 0.15) is 5.71 Å². The lowest BCUT2D eigenvalue weighted by Crippen LogP contribution is -2.07. The number of aromatic nitrogens is 2. The van der Waals surface area contributed by atoms with Crippen molar-refractivity contribution in [3.63, 3.8) is 0 Å². The Balaban J connectivity index is 1.77. The third-order valence-corrected chi connectivity index (χ3v) is 4.54. The highest BCUT2D eigenvalue weighted by atomic mass is 16.4. The zero-order chi connectivity index (χ0) is 17.7. The van der Waals surface area contributed by atoms with Crippen LogP contribution in [0, 0.1) is 0 Å². The number of rotatable bonds is 1. The van der Waals surface area contributed by atoms with E-state index in [4.69, 9.17) is 4.42 Å². The Kier molecular flexibility index (Phi) is 3.12. The predicted octanol–water partition coefficient (Wildman–Crippen LogP) is 3.44. The van der Waals surface area contributed by atoms with E-state index in [0.717, 1.165) is 39.0 Å². The lowest BCUT2D eigenvalue weighted by atomic mass is 9.94. The molecule has 0 radical (unpaired) electrons. The van der Waals surface area contributed by atoms with Gasteiger partial charge in [-0.2, -0.15) is 5.10 Å². The third kappa shape index (κ3) is 2.35. The molecule has 1 N–H and O–H groups in total. The van der Waals surface area contributed by atoms with Gasteiger partial charge < -0.3 is 4.42 Å². The summed E-state index contributed by atoms with van der Waals surface area (Å²) in [5.41, 5.74) is 6.72. The molecule has 6 nitrogen and oxygen atoms in total. The van der Waals surface area contributed by atoms with E-state index < -0.39 is 5.76 Å². The van der Waals surface area contributed by atoms with E-state index in [1.54, 1.807) is 6.20 Å². The summed E-state index contributed by atoms with van der Waals surface area (Å²) in [5.74, 6) is -0.458. The van der Waals surface area contributed by atoms with Gasteiger partial charge in [0, 0.05) is 34.8 Å². The number of benzene rings is 2. The molecule has 0 amide bonds. The van der Waals surface area contributed by atoms with Crippen molar-refractivity contribution < 1.29 is 4.42 Å². The fourth-order valence-corrected chi connectivity index (χ4v) is 3.35. The maximum absolute atomic E-state index is 11.6. The van der Waals surface area contributed by atoms with Crippen LogP contribution in [0.1, 0.15) is 23.6 Å². The molecule has 1 aliphatic heterocycles.